The molecule has 0 radical (unpaired) electrons. The Hall–Kier alpha value is -0.930. The fourth-order valence-corrected chi connectivity index (χ4v) is 1.62. The molecule has 0 aliphatic heterocycles. The van der Waals surface area contributed by atoms with Crippen molar-refractivity contribution in [3.05, 3.63) is 35.6 Å². The third-order valence-corrected chi connectivity index (χ3v) is 2.79. The van der Waals surface area contributed by atoms with Gasteiger partial charge in [0.05, 0.1) is 0 Å². The zero-order chi connectivity index (χ0) is 11.4. The summed E-state index contributed by atoms with van der Waals surface area (Å²) in [6, 6.07) is 7.11. The van der Waals surface area contributed by atoms with Crippen LogP contribution < -0.4 is 5.73 Å². The van der Waals surface area contributed by atoms with Gasteiger partial charge in [0.1, 0.15) is 5.82 Å². The Labute approximate surface area is 90.9 Å². The lowest BCUT2D eigenvalue weighted by atomic mass is 10.0. The van der Waals surface area contributed by atoms with Gasteiger partial charge < -0.3 is 5.73 Å². The van der Waals surface area contributed by atoms with Crippen LogP contribution in [0.15, 0.2) is 24.3 Å². The van der Waals surface area contributed by atoms with Gasteiger partial charge in [0, 0.05) is 24.2 Å². The van der Waals surface area contributed by atoms with Crippen molar-refractivity contribution in [1.82, 2.24) is 4.90 Å². The van der Waals surface area contributed by atoms with Gasteiger partial charge in [-0.1, -0.05) is 18.2 Å². The highest BCUT2D eigenvalue weighted by atomic mass is 19.1. The summed E-state index contributed by atoms with van der Waals surface area (Å²) in [7, 11) is 1.97. The molecule has 0 aromatic heterocycles. The van der Waals surface area contributed by atoms with E-state index in [-0.39, 0.29) is 11.9 Å². The maximum atomic E-state index is 13.6. The van der Waals surface area contributed by atoms with Crippen molar-refractivity contribution in [3.63, 3.8) is 0 Å². The average molecular weight is 210 g/mol. The van der Waals surface area contributed by atoms with Crippen LogP contribution in [0.3, 0.4) is 0 Å². The molecule has 0 spiro atoms. The SMILES string of the molecule is CC(C)N(C)C(CN)c1ccccc1F. The smallest absolute Gasteiger partial charge is 0.128 e. The second-order valence-corrected chi connectivity index (χ2v) is 4.03. The molecule has 0 aliphatic carbocycles. The number of hydrogen-bond acceptors (Lipinski definition) is 2. The fourth-order valence-electron chi connectivity index (χ4n) is 1.62. The summed E-state index contributed by atoms with van der Waals surface area (Å²) in [5.41, 5.74) is 6.38. The van der Waals surface area contributed by atoms with E-state index in [1.165, 1.54) is 6.07 Å². The van der Waals surface area contributed by atoms with Crippen LogP contribution in [0.25, 0.3) is 0 Å². The first kappa shape index (κ1) is 12.1. The van der Waals surface area contributed by atoms with Crippen molar-refractivity contribution < 1.29 is 4.39 Å². The standard InChI is InChI=1S/C12H19FN2/c1-9(2)15(3)12(8-14)10-6-4-5-7-11(10)13/h4-7,9,12H,8,14H2,1-3H3. The molecule has 0 aliphatic rings. The van der Waals surface area contributed by atoms with Crippen molar-refractivity contribution in [2.24, 2.45) is 5.73 Å². The van der Waals surface area contributed by atoms with E-state index in [0.717, 1.165) is 0 Å². The molecular formula is C12H19FN2. The Bertz CT molecular complexity index is 312. The molecule has 3 heteroatoms. The molecule has 1 aromatic rings. The van der Waals surface area contributed by atoms with E-state index < -0.39 is 0 Å². The zero-order valence-electron chi connectivity index (χ0n) is 9.57. The van der Waals surface area contributed by atoms with Gasteiger partial charge in [-0.3, -0.25) is 4.90 Å². The van der Waals surface area contributed by atoms with Crippen molar-refractivity contribution >= 4 is 0 Å². The predicted octanol–water partition coefficient (Wildman–Crippen LogP) is 2.17. The molecule has 15 heavy (non-hydrogen) atoms. The van der Waals surface area contributed by atoms with Gasteiger partial charge in [0.15, 0.2) is 0 Å². The van der Waals surface area contributed by atoms with Gasteiger partial charge in [-0.25, -0.2) is 4.39 Å². The maximum Gasteiger partial charge on any atom is 0.128 e. The summed E-state index contributed by atoms with van der Waals surface area (Å²) in [5, 5.41) is 0. The van der Waals surface area contributed by atoms with Crippen molar-refractivity contribution in [2.75, 3.05) is 13.6 Å². The molecule has 2 N–H and O–H groups in total. The summed E-state index contributed by atoms with van der Waals surface area (Å²) in [5.74, 6) is -0.180. The van der Waals surface area contributed by atoms with E-state index in [1.54, 1.807) is 12.1 Å². The van der Waals surface area contributed by atoms with E-state index in [2.05, 4.69) is 18.7 Å². The van der Waals surface area contributed by atoms with Gasteiger partial charge in [-0.05, 0) is 27.0 Å². The zero-order valence-corrected chi connectivity index (χ0v) is 9.57. The van der Waals surface area contributed by atoms with Crippen molar-refractivity contribution in [3.8, 4) is 0 Å². The Morgan fingerprint density at radius 3 is 2.40 bits per heavy atom. The van der Waals surface area contributed by atoms with E-state index in [0.29, 0.717) is 18.2 Å². The molecule has 0 amide bonds. The van der Waals surface area contributed by atoms with Crippen molar-refractivity contribution in [1.29, 1.82) is 0 Å². The summed E-state index contributed by atoms with van der Waals surface area (Å²) in [6.07, 6.45) is 0. The normalized spacial score (nSPS) is 13.5. The van der Waals surface area contributed by atoms with Gasteiger partial charge >= 0.3 is 0 Å². The molecule has 0 bridgehead atoms. The van der Waals surface area contributed by atoms with Crippen molar-refractivity contribution in [2.45, 2.75) is 25.9 Å². The summed E-state index contributed by atoms with van der Waals surface area (Å²) in [6.45, 7) is 4.57. The van der Waals surface area contributed by atoms with Crippen LogP contribution in [0.2, 0.25) is 0 Å². The third-order valence-electron chi connectivity index (χ3n) is 2.79. The molecule has 1 aromatic carbocycles. The van der Waals surface area contributed by atoms with E-state index in [1.807, 2.05) is 13.1 Å². The Morgan fingerprint density at radius 2 is 1.93 bits per heavy atom. The van der Waals surface area contributed by atoms with Crippen LogP contribution in [0.1, 0.15) is 25.5 Å². The quantitative estimate of drug-likeness (QED) is 0.825. The molecule has 0 fully saturated rings. The van der Waals surface area contributed by atoms with E-state index in [9.17, 15) is 4.39 Å². The highest BCUT2D eigenvalue weighted by molar-refractivity contribution is 5.21. The molecule has 0 saturated heterocycles. The molecule has 84 valence electrons. The Balaban J connectivity index is 2.97. The minimum atomic E-state index is -0.180. The lowest BCUT2D eigenvalue weighted by Crippen LogP contribution is -2.35. The number of nitrogens with two attached hydrogens (primary N) is 1. The van der Waals surface area contributed by atoms with E-state index >= 15 is 0 Å². The molecule has 1 atom stereocenters. The minimum absolute atomic E-state index is 0.0498. The summed E-state index contributed by atoms with van der Waals surface area (Å²) < 4.78 is 13.6. The first-order valence-corrected chi connectivity index (χ1v) is 5.24. The van der Waals surface area contributed by atoms with Crippen LogP contribution in [0.5, 0.6) is 0 Å². The molecular weight excluding hydrogens is 191 g/mol. The number of rotatable bonds is 4. The lowest BCUT2D eigenvalue weighted by Gasteiger charge is -2.30. The van der Waals surface area contributed by atoms with E-state index in [4.69, 9.17) is 5.73 Å². The van der Waals surface area contributed by atoms with Crippen LogP contribution in [0, 0.1) is 5.82 Å². The predicted molar refractivity (Wildman–Crippen MR) is 61.1 cm³/mol. The highest BCUT2D eigenvalue weighted by Crippen LogP contribution is 2.22. The van der Waals surface area contributed by atoms with Gasteiger partial charge in [0.25, 0.3) is 0 Å². The number of hydrogen-bond donors (Lipinski definition) is 1. The number of nitrogens with zero attached hydrogens (tertiary/aromatic N) is 1. The van der Waals surface area contributed by atoms with Crippen LogP contribution in [-0.2, 0) is 0 Å². The second kappa shape index (κ2) is 5.24. The Kier molecular flexibility index (Phi) is 4.24. The summed E-state index contributed by atoms with van der Waals surface area (Å²) >= 11 is 0. The Morgan fingerprint density at radius 1 is 1.33 bits per heavy atom. The minimum Gasteiger partial charge on any atom is -0.329 e. The van der Waals surface area contributed by atoms with Gasteiger partial charge in [-0.2, -0.15) is 0 Å². The topological polar surface area (TPSA) is 29.3 Å². The van der Waals surface area contributed by atoms with Crippen LogP contribution in [-0.4, -0.2) is 24.5 Å². The lowest BCUT2D eigenvalue weighted by molar-refractivity contribution is 0.197. The monoisotopic (exact) mass is 210 g/mol. The van der Waals surface area contributed by atoms with Crippen LogP contribution >= 0.6 is 0 Å². The summed E-state index contributed by atoms with van der Waals surface area (Å²) in [4.78, 5) is 2.08. The number of likely N-dealkylation sites (N-methyl/N-ethyl adjacent to an activating group) is 1. The number of halogens is 1. The molecule has 2 nitrogen and oxygen atoms in total. The van der Waals surface area contributed by atoms with Gasteiger partial charge in [0.2, 0.25) is 0 Å². The molecule has 1 rings (SSSR count). The average Bonchev–Trinajstić information content (AvgIpc) is 2.21. The maximum absolute atomic E-state index is 13.6. The molecule has 0 saturated carbocycles. The first-order chi connectivity index (χ1) is 7.07. The first-order valence-electron chi connectivity index (χ1n) is 5.24. The third kappa shape index (κ3) is 2.76. The number of benzene rings is 1. The van der Waals surface area contributed by atoms with Crippen LogP contribution in [0.4, 0.5) is 4.39 Å². The molecule has 0 heterocycles. The fraction of sp³-hybridized carbons (Fsp3) is 0.500. The second-order valence-electron chi connectivity index (χ2n) is 4.03. The highest BCUT2D eigenvalue weighted by Gasteiger charge is 2.20. The molecule has 1 unspecified atom stereocenters. The van der Waals surface area contributed by atoms with Gasteiger partial charge in [-0.15, -0.1) is 0 Å². The largest absolute Gasteiger partial charge is 0.329 e.